The van der Waals surface area contributed by atoms with Crippen molar-refractivity contribution in [3.63, 3.8) is 0 Å². The Bertz CT molecular complexity index is 1440. The lowest BCUT2D eigenvalue weighted by atomic mass is 9.98. The SMILES string of the molecule is COc1ccccc1SCC1CC(c2ccc(CO)cc2)OC(c2ccc(-c3ccccc3CNC(C)=O)cc2)O1. The Morgan fingerprint density at radius 2 is 1.63 bits per heavy atom. The third-order valence-corrected chi connectivity index (χ3v) is 8.33. The minimum Gasteiger partial charge on any atom is -0.496 e. The summed E-state index contributed by atoms with van der Waals surface area (Å²) < 4.78 is 18.6. The molecule has 4 aromatic carbocycles. The lowest BCUT2D eigenvalue weighted by Crippen LogP contribution is -2.31. The largest absolute Gasteiger partial charge is 0.496 e. The molecule has 41 heavy (non-hydrogen) atoms. The summed E-state index contributed by atoms with van der Waals surface area (Å²) in [7, 11) is 1.69. The average Bonchev–Trinajstić information content (AvgIpc) is 3.03. The fourth-order valence-corrected chi connectivity index (χ4v) is 5.99. The molecule has 1 saturated heterocycles. The molecule has 1 amide bonds. The number of hydrogen-bond donors (Lipinski definition) is 2. The van der Waals surface area contributed by atoms with Gasteiger partial charge in [0.1, 0.15) is 5.75 Å². The molecule has 1 fully saturated rings. The zero-order valence-corrected chi connectivity index (χ0v) is 24.1. The van der Waals surface area contributed by atoms with Crippen molar-refractivity contribution in [2.75, 3.05) is 12.9 Å². The van der Waals surface area contributed by atoms with Crippen LogP contribution >= 0.6 is 11.8 Å². The molecule has 0 radical (unpaired) electrons. The van der Waals surface area contributed by atoms with Gasteiger partial charge in [-0.2, -0.15) is 0 Å². The van der Waals surface area contributed by atoms with E-state index < -0.39 is 6.29 Å². The predicted molar refractivity (Wildman–Crippen MR) is 162 cm³/mol. The summed E-state index contributed by atoms with van der Waals surface area (Å²) in [5.41, 5.74) is 6.06. The predicted octanol–water partition coefficient (Wildman–Crippen LogP) is 6.83. The molecular weight excluding hydrogens is 534 g/mol. The van der Waals surface area contributed by atoms with E-state index in [0.717, 1.165) is 49.8 Å². The number of thioether (sulfide) groups is 1. The van der Waals surface area contributed by atoms with Crippen LogP contribution in [0.15, 0.2) is 102 Å². The van der Waals surface area contributed by atoms with Crippen LogP contribution in [0.25, 0.3) is 11.1 Å². The molecule has 0 aromatic heterocycles. The number of aliphatic hydroxyl groups is 1. The van der Waals surface area contributed by atoms with Gasteiger partial charge in [-0.15, -0.1) is 11.8 Å². The van der Waals surface area contributed by atoms with Crippen molar-refractivity contribution < 1.29 is 24.1 Å². The fourth-order valence-electron chi connectivity index (χ4n) is 4.94. The average molecular weight is 570 g/mol. The molecule has 1 heterocycles. The third kappa shape index (κ3) is 7.37. The van der Waals surface area contributed by atoms with Gasteiger partial charge >= 0.3 is 0 Å². The molecule has 4 aromatic rings. The summed E-state index contributed by atoms with van der Waals surface area (Å²) in [6, 6.07) is 32.3. The fraction of sp³-hybridized carbons (Fsp3) is 0.265. The maximum atomic E-state index is 11.5. The number of nitrogens with one attached hydrogen (secondary N) is 1. The maximum Gasteiger partial charge on any atom is 0.217 e. The molecule has 0 spiro atoms. The monoisotopic (exact) mass is 569 g/mol. The van der Waals surface area contributed by atoms with Gasteiger partial charge in [-0.05, 0) is 39.9 Å². The molecule has 3 unspecified atom stereocenters. The molecule has 7 heteroatoms. The molecule has 3 atom stereocenters. The summed E-state index contributed by atoms with van der Waals surface area (Å²) in [5, 5.41) is 12.4. The first-order valence-electron chi connectivity index (χ1n) is 13.7. The molecule has 1 aliphatic rings. The third-order valence-electron chi connectivity index (χ3n) is 7.15. The van der Waals surface area contributed by atoms with Crippen LogP contribution in [0, 0.1) is 0 Å². The lowest BCUT2D eigenvalue weighted by molar-refractivity contribution is -0.245. The van der Waals surface area contributed by atoms with Crippen LogP contribution in [0.2, 0.25) is 0 Å². The molecule has 0 saturated carbocycles. The van der Waals surface area contributed by atoms with Gasteiger partial charge < -0.3 is 24.6 Å². The van der Waals surface area contributed by atoms with Crippen molar-refractivity contribution in [1.29, 1.82) is 0 Å². The first-order chi connectivity index (χ1) is 20.0. The smallest absolute Gasteiger partial charge is 0.217 e. The van der Waals surface area contributed by atoms with E-state index in [1.165, 1.54) is 6.92 Å². The van der Waals surface area contributed by atoms with Crippen LogP contribution in [0.3, 0.4) is 0 Å². The number of carbonyl (C=O) groups is 1. The van der Waals surface area contributed by atoms with E-state index in [2.05, 4.69) is 41.7 Å². The quantitative estimate of drug-likeness (QED) is 0.204. The standard InChI is InChI=1S/C34H35NO5S/c1-23(37)35-20-28-7-3-4-8-30(28)25-15-17-27(18-16-25)34-39-29(22-41-33-10-6-5-9-31(33)38-2)19-32(40-34)26-13-11-24(21-36)12-14-26/h3-18,29,32,34,36H,19-22H2,1-2H3,(H,35,37). The molecule has 6 nitrogen and oxygen atoms in total. The highest BCUT2D eigenvalue weighted by Crippen LogP contribution is 2.41. The van der Waals surface area contributed by atoms with E-state index >= 15 is 0 Å². The first kappa shape index (κ1) is 28.9. The number of hydrogen-bond acceptors (Lipinski definition) is 6. The van der Waals surface area contributed by atoms with Crippen molar-refractivity contribution in [3.05, 3.63) is 119 Å². The van der Waals surface area contributed by atoms with Gasteiger partial charge in [0.05, 0.1) is 25.9 Å². The van der Waals surface area contributed by atoms with Crippen molar-refractivity contribution >= 4 is 17.7 Å². The summed E-state index contributed by atoms with van der Waals surface area (Å²) in [4.78, 5) is 12.6. The van der Waals surface area contributed by atoms with Crippen molar-refractivity contribution in [2.45, 2.75) is 49.9 Å². The Morgan fingerprint density at radius 3 is 2.37 bits per heavy atom. The van der Waals surface area contributed by atoms with Gasteiger partial charge in [0, 0.05) is 36.1 Å². The van der Waals surface area contributed by atoms with Gasteiger partial charge in [-0.1, -0.05) is 84.9 Å². The number of rotatable bonds is 10. The van der Waals surface area contributed by atoms with Crippen molar-refractivity contribution in [2.24, 2.45) is 0 Å². The second-order valence-electron chi connectivity index (χ2n) is 10.0. The minimum atomic E-state index is -0.529. The normalized spacial score (nSPS) is 18.6. The summed E-state index contributed by atoms with van der Waals surface area (Å²) in [6.07, 6.45) is -0.0172. The van der Waals surface area contributed by atoms with Crippen molar-refractivity contribution in [1.82, 2.24) is 5.32 Å². The van der Waals surface area contributed by atoms with E-state index in [9.17, 15) is 9.90 Å². The summed E-state index contributed by atoms with van der Waals surface area (Å²) in [6.45, 7) is 2.01. The number of ether oxygens (including phenoxy) is 3. The Kier molecular flexibility index (Phi) is 9.75. The summed E-state index contributed by atoms with van der Waals surface area (Å²) >= 11 is 1.72. The molecule has 212 valence electrons. The highest BCUT2D eigenvalue weighted by atomic mass is 32.2. The van der Waals surface area contributed by atoms with Crippen LogP contribution in [0.4, 0.5) is 0 Å². The lowest BCUT2D eigenvalue weighted by Gasteiger charge is -2.36. The Labute approximate surface area is 245 Å². The number of benzene rings is 4. The molecule has 0 aliphatic carbocycles. The highest BCUT2D eigenvalue weighted by Gasteiger charge is 2.32. The van der Waals surface area contributed by atoms with E-state index in [1.807, 2.05) is 60.7 Å². The Morgan fingerprint density at radius 1 is 0.927 bits per heavy atom. The highest BCUT2D eigenvalue weighted by molar-refractivity contribution is 7.99. The zero-order valence-electron chi connectivity index (χ0n) is 23.3. The topological polar surface area (TPSA) is 77.0 Å². The van der Waals surface area contributed by atoms with Gasteiger partial charge in [-0.3, -0.25) is 4.79 Å². The summed E-state index contributed by atoms with van der Waals surface area (Å²) in [5.74, 6) is 1.55. The number of para-hydroxylation sites is 1. The number of aliphatic hydroxyl groups excluding tert-OH is 1. The van der Waals surface area contributed by atoms with Crippen LogP contribution in [0.1, 0.15) is 48.0 Å². The minimum absolute atomic E-state index is 0.00993. The number of amides is 1. The van der Waals surface area contributed by atoms with Crippen LogP contribution in [-0.4, -0.2) is 30.0 Å². The molecule has 1 aliphatic heterocycles. The van der Waals surface area contributed by atoms with E-state index in [-0.39, 0.29) is 24.7 Å². The molecular formula is C34H35NO5S. The Hall–Kier alpha value is -3.62. The molecule has 0 bridgehead atoms. The van der Waals surface area contributed by atoms with Crippen molar-refractivity contribution in [3.8, 4) is 16.9 Å². The zero-order chi connectivity index (χ0) is 28.6. The van der Waals surface area contributed by atoms with E-state index in [1.54, 1.807) is 18.9 Å². The number of carbonyl (C=O) groups excluding carboxylic acids is 1. The molecule has 2 N–H and O–H groups in total. The maximum absolute atomic E-state index is 11.5. The first-order valence-corrected chi connectivity index (χ1v) is 14.7. The van der Waals surface area contributed by atoms with E-state index in [0.29, 0.717) is 13.0 Å². The van der Waals surface area contributed by atoms with Crippen LogP contribution in [-0.2, 0) is 27.4 Å². The Balaban J connectivity index is 1.37. The second-order valence-corrected chi connectivity index (χ2v) is 11.1. The van der Waals surface area contributed by atoms with E-state index in [4.69, 9.17) is 14.2 Å². The van der Waals surface area contributed by atoms with Gasteiger partial charge in [0.2, 0.25) is 5.91 Å². The second kappa shape index (κ2) is 13.8. The van der Waals surface area contributed by atoms with Crippen LogP contribution in [0.5, 0.6) is 5.75 Å². The number of methoxy groups -OCH3 is 1. The van der Waals surface area contributed by atoms with Gasteiger partial charge in [-0.25, -0.2) is 0 Å². The molecule has 5 rings (SSSR count). The van der Waals surface area contributed by atoms with Crippen LogP contribution < -0.4 is 10.1 Å². The van der Waals surface area contributed by atoms with Gasteiger partial charge in [0.25, 0.3) is 0 Å². The van der Waals surface area contributed by atoms with Gasteiger partial charge in [0.15, 0.2) is 6.29 Å².